The van der Waals surface area contributed by atoms with E-state index in [0.29, 0.717) is 12.4 Å². The first-order valence-electron chi connectivity index (χ1n) is 7.80. The van der Waals surface area contributed by atoms with Gasteiger partial charge in [0, 0.05) is 31.2 Å². The molecular weight excluding hydrogens is 372 g/mol. The van der Waals surface area contributed by atoms with Gasteiger partial charge in [-0.15, -0.1) is 0 Å². The Balaban J connectivity index is 1.84. The average molecular weight is 388 g/mol. The predicted octanol–water partition coefficient (Wildman–Crippen LogP) is 1.70. The number of benzene rings is 1. The molecule has 3 aromatic rings. The molecule has 0 radical (unpaired) electrons. The molecule has 27 heavy (non-hydrogen) atoms. The van der Waals surface area contributed by atoms with Crippen molar-refractivity contribution in [3.63, 3.8) is 0 Å². The molecule has 0 aliphatic carbocycles. The number of imidazole rings is 1. The number of aromatic nitrogens is 3. The standard InChI is InChI=1S/C16H16N6O4S/c1-17-27(25,26)13-2-3-14(15(9-13)22(23)24)20-10-12-4-5-19-16(8-12)21-7-6-18-11-21/h2-9,11,17,20H,10H2,1H3. The first kappa shape index (κ1) is 18.5. The van der Waals surface area contributed by atoms with Crippen molar-refractivity contribution < 1.29 is 13.3 Å². The minimum Gasteiger partial charge on any atom is -0.375 e. The quantitative estimate of drug-likeness (QED) is 0.465. The summed E-state index contributed by atoms with van der Waals surface area (Å²) in [5, 5.41) is 14.3. The SMILES string of the molecule is CNS(=O)(=O)c1ccc(NCc2ccnc(-n3ccnc3)c2)c([N+](=O)[O-])c1. The van der Waals surface area contributed by atoms with E-state index in [1.165, 1.54) is 19.2 Å². The Labute approximate surface area is 155 Å². The van der Waals surface area contributed by atoms with Crippen molar-refractivity contribution >= 4 is 21.4 Å². The summed E-state index contributed by atoms with van der Waals surface area (Å²) in [7, 11) is -2.52. The summed E-state index contributed by atoms with van der Waals surface area (Å²) in [4.78, 5) is 18.8. The zero-order chi connectivity index (χ0) is 19.4. The largest absolute Gasteiger partial charge is 0.375 e. The summed E-state index contributed by atoms with van der Waals surface area (Å²) in [6.45, 7) is 0.295. The van der Waals surface area contributed by atoms with Gasteiger partial charge in [0.25, 0.3) is 5.69 Å². The van der Waals surface area contributed by atoms with Crippen LogP contribution in [0.3, 0.4) is 0 Å². The number of hydrogen-bond donors (Lipinski definition) is 2. The first-order valence-corrected chi connectivity index (χ1v) is 9.28. The summed E-state index contributed by atoms with van der Waals surface area (Å²) < 4.78 is 27.6. The molecule has 2 heterocycles. The lowest BCUT2D eigenvalue weighted by Crippen LogP contribution is -2.18. The van der Waals surface area contributed by atoms with Crippen LogP contribution in [0.5, 0.6) is 0 Å². The molecule has 0 amide bonds. The van der Waals surface area contributed by atoms with Gasteiger partial charge in [0.05, 0.1) is 9.82 Å². The molecule has 0 unspecified atom stereocenters. The van der Waals surface area contributed by atoms with Crippen LogP contribution >= 0.6 is 0 Å². The zero-order valence-corrected chi connectivity index (χ0v) is 15.0. The molecular formula is C16H16N6O4S. The fraction of sp³-hybridized carbons (Fsp3) is 0.125. The van der Waals surface area contributed by atoms with Crippen molar-refractivity contribution in [2.24, 2.45) is 0 Å². The van der Waals surface area contributed by atoms with E-state index in [1.807, 2.05) is 6.07 Å². The molecule has 2 N–H and O–H groups in total. The lowest BCUT2D eigenvalue weighted by molar-refractivity contribution is -0.384. The van der Waals surface area contributed by atoms with Crippen molar-refractivity contribution in [3.8, 4) is 5.82 Å². The molecule has 0 bridgehead atoms. The molecule has 0 aliphatic rings. The molecule has 0 saturated carbocycles. The Bertz CT molecular complexity index is 1070. The van der Waals surface area contributed by atoms with Crippen LogP contribution in [-0.2, 0) is 16.6 Å². The van der Waals surface area contributed by atoms with Crippen LogP contribution in [0.2, 0.25) is 0 Å². The summed E-state index contributed by atoms with van der Waals surface area (Å²) in [5.41, 5.74) is 0.737. The number of nitrogens with one attached hydrogen (secondary N) is 2. The van der Waals surface area contributed by atoms with Crippen molar-refractivity contribution in [1.29, 1.82) is 0 Å². The molecule has 0 fully saturated rings. The van der Waals surface area contributed by atoms with Gasteiger partial charge in [-0.1, -0.05) is 0 Å². The van der Waals surface area contributed by atoms with Gasteiger partial charge in [-0.3, -0.25) is 14.7 Å². The third-order valence-electron chi connectivity index (χ3n) is 3.81. The summed E-state index contributed by atoms with van der Waals surface area (Å²) in [6.07, 6.45) is 6.64. The minimum atomic E-state index is -3.77. The highest BCUT2D eigenvalue weighted by molar-refractivity contribution is 7.89. The second kappa shape index (κ2) is 7.51. The zero-order valence-electron chi connectivity index (χ0n) is 14.2. The number of sulfonamides is 1. The Morgan fingerprint density at radius 3 is 2.70 bits per heavy atom. The fourth-order valence-corrected chi connectivity index (χ4v) is 3.15. The summed E-state index contributed by atoms with van der Waals surface area (Å²) in [6, 6.07) is 7.31. The summed E-state index contributed by atoms with van der Waals surface area (Å²) in [5.74, 6) is 0.664. The van der Waals surface area contributed by atoms with Crippen molar-refractivity contribution in [1.82, 2.24) is 19.3 Å². The van der Waals surface area contributed by atoms with E-state index in [-0.39, 0.29) is 16.3 Å². The van der Waals surface area contributed by atoms with Gasteiger partial charge in [-0.25, -0.2) is 23.1 Å². The van der Waals surface area contributed by atoms with Crippen LogP contribution in [0, 0.1) is 10.1 Å². The number of nitro groups is 1. The predicted molar refractivity (Wildman–Crippen MR) is 98.0 cm³/mol. The monoisotopic (exact) mass is 388 g/mol. The smallest absolute Gasteiger partial charge is 0.293 e. The summed E-state index contributed by atoms with van der Waals surface area (Å²) >= 11 is 0. The van der Waals surface area contributed by atoms with Crippen LogP contribution in [0.4, 0.5) is 11.4 Å². The number of hydrogen-bond acceptors (Lipinski definition) is 7. The molecule has 3 rings (SSSR count). The van der Waals surface area contributed by atoms with Crippen LogP contribution in [0.15, 0.2) is 60.1 Å². The number of nitrogens with zero attached hydrogens (tertiary/aromatic N) is 4. The van der Waals surface area contributed by atoms with Gasteiger partial charge in [0.2, 0.25) is 10.0 Å². The molecule has 140 valence electrons. The van der Waals surface area contributed by atoms with Crippen molar-refractivity contribution in [2.45, 2.75) is 11.4 Å². The number of anilines is 1. The molecule has 0 aliphatic heterocycles. The highest BCUT2D eigenvalue weighted by Crippen LogP contribution is 2.28. The fourth-order valence-electron chi connectivity index (χ4n) is 2.40. The van der Waals surface area contributed by atoms with E-state index in [9.17, 15) is 18.5 Å². The third-order valence-corrected chi connectivity index (χ3v) is 5.22. The van der Waals surface area contributed by atoms with Crippen LogP contribution in [0.25, 0.3) is 5.82 Å². The van der Waals surface area contributed by atoms with E-state index < -0.39 is 14.9 Å². The average Bonchev–Trinajstić information content (AvgIpc) is 3.21. The van der Waals surface area contributed by atoms with Crippen LogP contribution in [-0.4, -0.2) is 34.9 Å². The Morgan fingerprint density at radius 2 is 2.04 bits per heavy atom. The maximum absolute atomic E-state index is 11.8. The molecule has 10 nitrogen and oxygen atoms in total. The van der Waals surface area contributed by atoms with Crippen molar-refractivity contribution in [2.75, 3.05) is 12.4 Å². The Hall–Kier alpha value is -3.31. The number of nitro benzene ring substituents is 1. The van der Waals surface area contributed by atoms with Gasteiger partial charge in [-0.05, 0) is 36.9 Å². The molecule has 1 aromatic carbocycles. The lowest BCUT2D eigenvalue weighted by Gasteiger charge is -2.10. The minimum absolute atomic E-state index is 0.173. The maximum Gasteiger partial charge on any atom is 0.293 e. The second-order valence-corrected chi connectivity index (χ2v) is 7.38. The topological polar surface area (TPSA) is 132 Å². The molecule has 11 heteroatoms. The van der Waals surface area contributed by atoms with Gasteiger partial charge in [0.1, 0.15) is 17.8 Å². The number of pyridine rings is 1. The molecule has 0 saturated heterocycles. The van der Waals surface area contributed by atoms with E-state index in [4.69, 9.17) is 0 Å². The highest BCUT2D eigenvalue weighted by atomic mass is 32.2. The lowest BCUT2D eigenvalue weighted by atomic mass is 10.2. The van der Waals surface area contributed by atoms with Crippen molar-refractivity contribution in [3.05, 3.63) is 70.9 Å². The van der Waals surface area contributed by atoms with Gasteiger partial charge in [-0.2, -0.15) is 0 Å². The third kappa shape index (κ3) is 4.10. The van der Waals surface area contributed by atoms with E-state index in [0.717, 1.165) is 11.6 Å². The van der Waals surface area contributed by atoms with E-state index in [2.05, 4.69) is 20.0 Å². The second-order valence-electron chi connectivity index (χ2n) is 5.49. The van der Waals surface area contributed by atoms with E-state index >= 15 is 0 Å². The molecule has 0 spiro atoms. The van der Waals surface area contributed by atoms with E-state index in [1.54, 1.807) is 35.6 Å². The number of rotatable bonds is 7. The molecule has 2 aromatic heterocycles. The van der Waals surface area contributed by atoms with Crippen LogP contribution < -0.4 is 10.0 Å². The Morgan fingerprint density at radius 1 is 1.22 bits per heavy atom. The van der Waals surface area contributed by atoms with Crippen LogP contribution in [0.1, 0.15) is 5.56 Å². The highest BCUT2D eigenvalue weighted by Gasteiger charge is 2.20. The Kier molecular flexibility index (Phi) is 5.14. The first-order chi connectivity index (χ1) is 12.9. The van der Waals surface area contributed by atoms with Gasteiger partial charge < -0.3 is 5.32 Å². The molecule has 0 atom stereocenters. The normalized spacial score (nSPS) is 11.3. The maximum atomic E-state index is 11.8. The van der Waals surface area contributed by atoms with Gasteiger partial charge in [0.15, 0.2) is 0 Å². The van der Waals surface area contributed by atoms with Gasteiger partial charge >= 0.3 is 0 Å².